The van der Waals surface area contributed by atoms with E-state index in [0.29, 0.717) is 12.2 Å². The fraction of sp³-hybridized carbons (Fsp3) is 0.267. The van der Waals surface area contributed by atoms with E-state index in [9.17, 15) is 4.79 Å². The van der Waals surface area contributed by atoms with Crippen LogP contribution < -0.4 is 10.6 Å². The largest absolute Gasteiger partial charge is 0.376 e. The standard InChI is InChI=1S/C15H16N4O/c1-2-7-17-15(20)10-18-14-8-11(9-16)19-13-6-4-3-5-12(13)14/h3-6,8H,2,7,10H2,1H3,(H,17,20)(H,18,19). The van der Waals surface area contributed by atoms with Crippen LogP contribution in [0.2, 0.25) is 0 Å². The molecule has 0 saturated carbocycles. The molecule has 1 aromatic carbocycles. The van der Waals surface area contributed by atoms with Crippen molar-refractivity contribution in [1.29, 1.82) is 5.26 Å². The number of carbonyl (C=O) groups excluding carboxylic acids is 1. The van der Waals surface area contributed by atoms with Gasteiger partial charge in [-0.1, -0.05) is 25.1 Å². The number of nitrogens with zero attached hydrogens (tertiary/aromatic N) is 2. The summed E-state index contributed by atoms with van der Waals surface area (Å²) in [5, 5.41) is 15.8. The van der Waals surface area contributed by atoms with Crippen LogP contribution in [0.5, 0.6) is 0 Å². The Labute approximate surface area is 117 Å². The van der Waals surface area contributed by atoms with Crippen molar-refractivity contribution in [2.45, 2.75) is 13.3 Å². The second kappa shape index (κ2) is 6.53. The summed E-state index contributed by atoms with van der Waals surface area (Å²) >= 11 is 0. The normalized spacial score (nSPS) is 10.0. The summed E-state index contributed by atoms with van der Waals surface area (Å²) in [5.74, 6) is -0.0637. The predicted octanol–water partition coefficient (Wildman–Crippen LogP) is 2.04. The molecule has 0 bridgehead atoms. The Bertz CT molecular complexity index is 660. The molecule has 1 amide bonds. The first kappa shape index (κ1) is 13.8. The molecular formula is C15H16N4O. The van der Waals surface area contributed by atoms with E-state index in [0.717, 1.165) is 23.0 Å². The van der Waals surface area contributed by atoms with E-state index in [2.05, 4.69) is 15.6 Å². The summed E-state index contributed by atoms with van der Waals surface area (Å²) in [6, 6.07) is 11.2. The zero-order valence-electron chi connectivity index (χ0n) is 11.3. The third kappa shape index (κ3) is 3.23. The molecule has 5 nitrogen and oxygen atoms in total. The summed E-state index contributed by atoms with van der Waals surface area (Å²) in [4.78, 5) is 15.8. The van der Waals surface area contributed by atoms with E-state index in [4.69, 9.17) is 5.26 Å². The van der Waals surface area contributed by atoms with Gasteiger partial charge in [0.2, 0.25) is 5.91 Å². The lowest BCUT2D eigenvalue weighted by Crippen LogP contribution is -2.30. The molecule has 0 spiro atoms. The van der Waals surface area contributed by atoms with Crippen LogP contribution in [0.1, 0.15) is 19.0 Å². The van der Waals surface area contributed by atoms with Crippen molar-refractivity contribution in [3.63, 3.8) is 0 Å². The zero-order valence-corrected chi connectivity index (χ0v) is 11.3. The number of anilines is 1. The Balaban J connectivity index is 2.20. The summed E-state index contributed by atoms with van der Waals surface area (Å²) in [7, 11) is 0. The fourth-order valence-corrected chi connectivity index (χ4v) is 1.88. The van der Waals surface area contributed by atoms with Gasteiger partial charge in [0.05, 0.1) is 12.1 Å². The van der Waals surface area contributed by atoms with E-state index < -0.39 is 0 Å². The molecule has 1 heterocycles. The minimum atomic E-state index is -0.0637. The van der Waals surface area contributed by atoms with Gasteiger partial charge in [-0.15, -0.1) is 0 Å². The number of nitriles is 1. The number of benzene rings is 1. The van der Waals surface area contributed by atoms with Crippen LogP contribution in [0, 0.1) is 11.3 Å². The van der Waals surface area contributed by atoms with E-state index in [1.165, 1.54) is 0 Å². The molecule has 0 atom stereocenters. The second-order valence-electron chi connectivity index (χ2n) is 4.39. The number of amides is 1. The summed E-state index contributed by atoms with van der Waals surface area (Å²) in [6.07, 6.45) is 0.905. The number of hydrogen-bond acceptors (Lipinski definition) is 4. The predicted molar refractivity (Wildman–Crippen MR) is 78.2 cm³/mol. The van der Waals surface area contributed by atoms with Crippen molar-refractivity contribution in [2.24, 2.45) is 0 Å². The van der Waals surface area contributed by atoms with E-state index in [1.54, 1.807) is 6.07 Å². The molecule has 0 fully saturated rings. The Kier molecular flexibility index (Phi) is 4.51. The molecule has 2 N–H and O–H groups in total. The number of rotatable bonds is 5. The van der Waals surface area contributed by atoms with Gasteiger partial charge in [0.15, 0.2) is 0 Å². The van der Waals surface area contributed by atoms with Crippen molar-refractivity contribution in [3.8, 4) is 6.07 Å². The van der Waals surface area contributed by atoms with Crippen LogP contribution in [0.25, 0.3) is 10.9 Å². The highest BCUT2D eigenvalue weighted by Gasteiger charge is 2.06. The van der Waals surface area contributed by atoms with Crippen molar-refractivity contribution < 1.29 is 4.79 Å². The number of carbonyl (C=O) groups is 1. The highest BCUT2D eigenvalue weighted by molar-refractivity contribution is 5.93. The molecule has 1 aromatic heterocycles. The average Bonchev–Trinajstić information content (AvgIpc) is 2.50. The molecule has 0 unspecified atom stereocenters. The zero-order chi connectivity index (χ0) is 14.4. The second-order valence-corrected chi connectivity index (χ2v) is 4.39. The Morgan fingerprint density at radius 3 is 2.95 bits per heavy atom. The first-order valence-electron chi connectivity index (χ1n) is 6.55. The van der Waals surface area contributed by atoms with Crippen molar-refractivity contribution in [2.75, 3.05) is 18.4 Å². The summed E-state index contributed by atoms with van der Waals surface area (Å²) in [5.41, 5.74) is 1.82. The minimum absolute atomic E-state index is 0.0637. The van der Waals surface area contributed by atoms with Crippen molar-refractivity contribution in [3.05, 3.63) is 36.0 Å². The molecule has 20 heavy (non-hydrogen) atoms. The molecule has 2 aromatic rings. The maximum Gasteiger partial charge on any atom is 0.239 e. The van der Waals surface area contributed by atoms with Gasteiger partial charge in [0, 0.05) is 17.6 Å². The van der Waals surface area contributed by atoms with Gasteiger partial charge in [0.1, 0.15) is 11.8 Å². The van der Waals surface area contributed by atoms with Crippen LogP contribution in [-0.2, 0) is 4.79 Å². The summed E-state index contributed by atoms with van der Waals surface area (Å²) in [6.45, 7) is 2.85. The highest BCUT2D eigenvalue weighted by Crippen LogP contribution is 2.22. The van der Waals surface area contributed by atoms with Gasteiger partial charge in [-0.3, -0.25) is 4.79 Å². The van der Waals surface area contributed by atoms with Gasteiger partial charge >= 0.3 is 0 Å². The van der Waals surface area contributed by atoms with Gasteiger partial charge < -0.3 is 10.6 Å². The molecule has 0 aliphatic carbocycles. The monoisotopic (exact) mass is 268 g/mol. The van der Waals surface area contributed by atoms with Crippen LogP contribution in [0.3, 0.4) is 0 Å². The Morgan fingerprint density at radius 2 is 2.20 bits per heavy atom. The lowest BCUT2D eigenvalue weighted by molar-refractivity contribution is -0.119. The smallest absolute Gasteiger partial charge is 0.239 e. The van der Waals surface area contributed by atoms with Crippen LogP contribution >= 0.6 is 0 Å². The number of pyridine rings is 1. The maximum atomic E-state index is 11.6. The van der Waals surface area contributed by atoms with Gasteiger partial charge in [0.25, 0.3) is 0 Å². The number of fused-ring (bicyclic) bond motifs is 1. The first-order valence-corrected chi connectivity index (χ1v) is 6.55. The summed E-state index contributed by atoms with van der Waals surface area (Å²) < 4.78 is 0. The molecule has 5 heteroatoms. The molecule has 2 rings (SSSR count). The van der Waals surface area contributed by atoms with E-state index >= 15 is 0 Å². The van der Waals surface area contributed by atoms with Gasteiger partial charge in [-0.25, -0.2) is 4.98 Å². The van der Waals surface area contributed by atoms with Crippen LogP contribution in [0.15, 0.2) is 30.3 Å². The molecule has 0 saturated heterocycles. The molecule has 0 aliphatic rings. The van der Waals surface area contributed by atoms with E-state index in [-0.39, 0.29) is 12.5 Å². The van der Waals surface area contributed by atoms with Gasteiger partial charge in [-0.05, 0) is 18.6 Å². The number of aromatic nitrogens is 1. The van der Waals surface area contributed by atoms with Gasteiger partial charge in [-0.2, -0.15) is 5.26 Å². The van der Waals surface area contributed by atoms with Crippen LogP contribution in [-0.4, -0.2) is 24.0 Å². The lowest BCUT2D eigenvalue weighted by Gasteiger charge is -2.10. The molecule has 0 radical (unpaired) electrons. The molecular weight excluding hydrogens is 252 g/mol. The third-order valence-electron chi connectivity index (χ3n) is 2.84. The number of nitrogens with one attached hydrogen (secondary N) is 2. The lowest BCUT2D eigenvalue weighted by atomic mass is 10.1. The third-order valence-corrected chi connectivity index (χ3v) is 2.84. The molecule has 102 valence electrons. The van der Waals surface area contributed by atoms with Crippen molar-refractivity contribution in [1.82, 2.24) is 10.3 Å². The number of para-hydroxylation sites is 1. The first-order chi connectivity index (χ1) is 9.74. The van der Waals surface area contributed by atoms with Crippen LogP contribution in [0.4, 0.5) is 5.69 Å². The van der Waals surface area contributed by atoms with E-state index in [1.807, 2.05) is 37.3 Å². The SMILES string of the molecule is CCCNC(=O)CNc1cc(C#N)nc2ccccc12. The Hall–Kier alpha value is -2.61. The maximum absolute atomic E-state index is 11.6. The number of hydrogen-bond donors (Lipinski definition) is 2. The minimum Gasteiger partial charge on any atom is -0.376 e. The topological polar surface area (TPSA) is 77.8 Å². The average molecular weight is 268 g/mol. The van der Waals surface area contributed by atoms with Crippen molar-refractivity contribution >= 4 is 22.5 Å². The fourth-order valence-electron chi connectivity index (χ4n) is 1.88. The quantitative estimate of drug-likeness (QED) is 0.870. The molecule has 0 aliphatic heterocycles. The Morgan fingerprint density at radius 1 is 1.40 bits per heavy atom. The highest BCUT2D eigenvalue weighted by atomic mass is 16.1.